The number of amides is 1. The van der Waals surface area contributed by atoms with Crippen LogP contribution in [-0.4, -0.2) is 64.9 Å². The molecule has 1 amide bonds. The van der Waals surface area contributed by atoms with Crippen molar-refractivity contribution in [1.82, 2.24) is 19.6 Å². The number of ether oxygens (including phenoxy) is 1. The Kier molecular flexibility index (Phi) is 6.04. The van der Waals surface area contributed by atoms with Gasteiger partial charge in [0.15, 0.2) is 0 Å². The molecule has 3 rings (SSSR count). The van der Waals surface area contributed by atoms with Gasteiger partial charge in [-0.3, -0.25) is 14.4 Å². The van der Waals surface area contributed by atoms with Gasteiger partial charge in [-0.2, -0.15) is 5.10 Å². The maximum absolute atomic E-state index is 12.7. The first-order chi connectivity index (χ1) is 11.8. The van der Waals surface area contributed by atoms with Gasteiger partial charge in [0.25, 0.3) is 0 Å². The summed E-state index contributed by atoms with van der Waals surface area (Å²) in [6.07, 6.45) is 8.65. The summed E-state index contributed by atoms with van der Waals surface area (Å²) in [6.45, 7) is 10.5. The highest BCUT2D eigenvalue weighted by Crippen LogP contribution is 2.19. The summed E-state index contributed by atoms with van der Waals surface area (Å²) in [5.74, 6) is 0.501. The van der Waals surface area contributed by atoms with Crippen LogP contribution in [0, 0.1) is 5.92 Å². The molecule has 0 saturated carbocycles. The summed E-state index contributed by atoms with van der Waals surface area (Å²) in [7, 11) is 0. The van der Waals surface area contributed by atoms with E-state index >= 15 is 0 Å². The van der Waals surface area contributed by atoms with E-state index in [1.54, 1.807) is 0 Å². The van der Waals surface area contributed by atoms with Gasteiger partial charge in [-0.15, -0.1) is 6.58 Å². The minimum Gasteiger partial charge on any atom is -0.381 e. The number of carbonyl (C=O) groups is 1. The summed E-state index contributed by atoms with van der Waals surface area (Å²) in [5, 5.41) is 4.34. The first-order valence-corrected chi connectivity index (χ1v) is 8.97. The molecule has 2 aliphatic rings. The topological polar surface area (TPSA) is 50.6 Å². The van der Waals surface area contributed by atoms with Gasteiger partial charge < -0.3 is 9.64 Å². The fourth-order valence-corrected chi connectivity index (χ4v) is 3.53. The fraction of sp³-hybridized carbons (Fsp3) is 0.667. The second-order valence-corrected chi connectivity index (χ2v) is 6.70. The average Bonchev–Trinajstić information content (AvgIpc) is 2.91. The van der Waals surface area contributed by atoms with Gasteiger partial charge in [-0.05, 0) is 19.3 Å². The number of allylic oxidation sites excluding steroid dienone is 1. The van der Waals surface area contributed by atoms with E-state index in [2.05, 4.69) is 27.7 Å². The van der Waals surface area contributed by atoms with Crippen LogP contribution in [0.25, 0.3) is 0 Å². The SMILES string of the molecule is C=CCn1cc(CN2CCCN(C(=O)C3CCOCC3)CC2)cn1. The van der Waals surface area contributed by atoms with Crippen molar-refractivity contribution in [2.45, 2.75) is 32.4 Å². The first kappa shape index (κ1) is 17.2. The third kappa shape index (κ3) is 4.45. The normalized spacial score (nSPS) is 20.8. The molecule has 2 aliphatic heterocycles. The molecule has 0 radical (unpaired) electrons. The van der Waals surface area contributed by atoms with Crippen molar-refractivity contribution >= 4 is 5.91 Å². The average molecular weight is 332 g/mol. The van der Waals surface area contributed by atoms with Gasteiger partial charge in [-0.25, -0.2) is 0 Å². The van der Waals surface area contributed by atoms with E-state index in [-0.39, 0.29) is 5.92 Å². The van der Waals surface area contributed by atoms with Gasteiger partial charge in [0.1, 0.15) is 0 Å². The van der Waals surface area contributed by atoms with E-state index in [1.807, 2.05) is 17.0 Å². The van der Waals surface area contributed by atoms with Gasteiger partial charge in [0.2, 0.25) is 5.91 Å². The largest absolute Gasteiger partial charge is 0.381 e. The van der Waals surface area contributed by atoms with Crippen molar-refractivity contribution in [2.75, 3.05) is 39.4 Å². The Morgan fingerprint density at radius 2 is 2.12 bits per heavy atom. The Bertz CT molecular complexity index is 551. The molecule has 0 bridgehead atoms. The quantitative estimate of drug-likeness (QED) is 0.768. The summed E-state index contributed by atoms with van der Waals surface area (Å²) in [6, 6.07) is 0. The Morgan fingerprint density at radius 3 is 2.92 bits per heavy atom. The lowest BCUT2D eigenvalue weighted by Gasteiger charge is -2.28. The minimum atomic E-state index is 0.169. The van der Waals surface area contributed by atoms with Crippen LogP contribution in [0.15, 0.2) is 25.0 Å². The summed E-state index contributed by atoms with van der Waals surface area (Å²) < 4.78 is 7.28. The van der Waals surface area contributed by atoms with Crippen LogP contribution in [0.3, 0.4) is 0 Å². The Balaban J connectivity index is 1.50. The third-order valence-corrected chi connectivity index (χ3v) is 4.88. The van der Waals surface area contributed by atoms with Crippen molar-refractivity contribution in [3.63, 3.8) is 0 Å². The molecule has 132 valence electrons. The number of rotatable bonds is 5. The molecule has 0 aromatic carbocycles. The Labute approximate surface area is 144 Å². The second-order valence-electron chi connectivity index (χ2n) is 6.70. The zero-order valence-electron chi connectivity index (χ0n) is 14.4. The first-order valence-electron chi connectivity index (χ1n) is 8.97. The van der Waals surface area contributed by atoms with E-state index in [1.165, 1.54) is 5.56 Å². The molecule has 0 N–H and O–H groups in total. The maximum atomic E-state index is 12.7. The van der Waals surface area contributed by atoms with Crippen LogP contribution < -0.4 is 0 Å². The van der Waals surface area contributed by atoms with Crippen molar-refractivity contribution in [3.8, 4) is 0 Å². The van der Waals surface area contributed by atoms with Crippen LogP contribution in [0.5, 0.6) is 0 Å². The molecule has 0 aliphatic carbocycles. The molecule has 0 atom stereocenters. The van der Waals surface area contributed by atoms with E-state index in [4.69, 9.17) is 4.74 Å². The molecule has 0 spiro atoms. The fourth-order valence-electron chi connectivity index (χ4n) is 3.53. The van der Waals surface area contributed by atoms with Crippen molar-refractivity contribution < 1.29 is 9.53 Å². The van der Waals surface area contributed by atoms with E-state index < -0.39 is 0 Å². The van der Waals surface area contributed by atoms with Gasteiger partial charge in [-0.1, -0.05) is 6.08 Å². The van der Waals surface area contributed by atoms with E-state index in [0.717, 1.165) is 71.7 Å². The molecule has 0 unspecified atom stereocenters. The molecular weight excluding hydrogens is 304 g/mol. The summed E-state index contributed by atoms with van der Waals surface area (Å²) in [4.78, 5) is 17.2. The Morgan fingerprint density at radius 1 is 1.29 bits per heavy atom. The summed E-state index contributed by atoms with van der Waals surface area (Å²) >= 11 is 0. The highest BCUT2D eigenvalue weighted by atomic mass is 16.5. The highest BCUT2D eigenvalue weighted by Gasteiger charge is 2.27. The molecule has 1 aromatic rings. The monoisotopic (exact) mass is 332 g/mol. The van der Waals surface area contributed by atoms with Crippen molar-refractivity contribution in [2.24, 2.45) is 5.92 Å². The lowest BCUT2D eigenvalue weighted by atomic mass is 9.98. The lowest BCUT2D eigenvalue weighted by Crippen LogP contribution is -2.40. The van der Waals surface area contributed by atoms with Crippen LogP contribution in [0.4, 0.5) is 0 Å². The number of hydrogen-bond acceptors (Lipinski definition) is 4. The van der Waals surface area contributed by atoms with E-state index in [9.17, 15) is 4.79 Å². The number of carbonyl (C=O) groups excluding carboxylic acids is 1. The predicted molar refractivity (Wildman–Crippen MR) is 92.4 cm³/mol. The van der Waals surface area contributed by atoms with Gasteiger partial charge >= 0.3 is 0 Å². The van der Waals surface area contributed by atoms with Crippen LogP contribution in [-0.2, 0) is 22.6 Å². The number of hydrogen-bond donors (Lipinski definition) is 0. The van der Waals surface area contributed by atoms with Crippen molar-refractivity contribution in [3.05, 3.63) is 30.6 Å². The van der Waals surface area contributed by atoms with E-state index in [0.29, 0.717) is 5.91 Å². The molecule has 2 fully saturated rings. The van der Waals surface area contributed by atoms with Crippen LogP contribution in [0.2, 0.25) is 0 Å². The smallest absolute Gasteiger partial charge is 0.225 e. The predicted octanol–water partition coefficient (Wildman–Crippen LogP) is 1.53. The molecular formula is C18H28N4O2. The minimum absolute atomic E-state index is 0.169. The molecule has 1 aromatic heterocycles. The third-order valence-electron chi connectivity index (χ3n) is 4.88. The lowest BCUT2D eigenvalue weighted by molar-refractivity contribution is -0.138. The number of aromatic nitrogens is 2. The zero-order chi connectivity index (χ0) is 16.8. The second kappa shape index (κ2) is 8.44. The molecule has 24 heavy (non-hydrogen) atoms. The van der Waals surface area contributed by atoms with Gasteiger partial charge in [0, 0.05) is 63.6 Å². The van der Waals surface area contributed by atoms with Crippen LogP contribution in [0.1, 0.15) is 24.8 Å². The maximum Gasteiger partial charge on any atom is 0.225 e. The number of nitrogens with zero attached hydrogens (tertiary/aromatic N) is 4. The Hall–Kier alpha value is -1.66. The molecule has 2 saturated heterocycles. The molecule has 6 heteroatoms. The van der Waals surface area contributed by atoms with Gasteiger partial charge in [0.05, 0.1) is 12.7 Å². The zero-order valence-corrected chi connectivity index (χ0v) is 14.4. The molecule has 6 nitrogen and oxygen atoms in total. The van der Waals surface area contributed by atoms with Crippen molar-refractivity contribution in [1.29, 1.82) is 0 Å². The highest BCUT2D eigenvalue weighted by molar-refractivity contribution is 5.79. The summed E-state index contributed by atoms with van der Waals surface area (Å²) in [5.41, 5.74) is 1.22. The van der Waals surface area contributed by atoms with Crippen LogP contribution >= 0.6 is 0 Å². The standard InChI is InChI=1S/C18H28N4O2/c1-2-6-22-15-16(13-19-22)14-20-7-3-8-21(10-9-20)18(23)17-4-11-24-12-5-17/h2,13,15,17H,1,3-12,14H2. The molecule has 3 heterocycles.